The van der Waals surface area contributed by atoms with Crippen LogP contribution in [0.5, 0.6) is 5.88 Å². The summed E-state index contributed by atoms with van der Waals surface area (Å²) in [7, 11) is 1.64. The number of piperazine rings is 1. The second kappa shape index (κ2) is 7.53. The Balaban J connectivity index is 1.49. The van der Waals surface area contributed by atoms with Gasteiger partial charge in [-0.15, -0.1) is 0 Å². The Morgan fingerprint density at radius 1 is 1.00 bits per heavy atom. The quantitative estimate of drug-likeness (QED) is 0.846. The van der Waals surface area contributed by atoms with E-state index < -0.39 is 0 Å². The number of hydrogen-bond donors (Lipinski definition) is 0. The first-order valence-electron chi connectivity index (χ1n) is 8.09. The normalized spacial score (nSPS) is 16.4. The Labute approximate surface area is 137 Å². The summed E-state index contributed by atoms with van der Waals surface area (Å²) in [6.07, 6.45) is 3.79. The van der Waals surface area contributed by atoms with Gasteiger partial charge in [0.1, 0.15) is 0 Å². The Morgan fingerprint density at radius 3 is 2.35 bits per heavy atom. The number of ether oxygens (including phenoxy) is 1. The van der Waals surface area contributed by atoms with E-state index in [0.29, 0.717) is 5.88 Å². The number of methoxy groups -OCH3 is 1. The van der Waals surface area contributed by atoms with Gasteiger partial charge in [-0.2, -0.15) is 0 Å². The van der Waals surface area contributed by atoms with Crippen molar-refractivity contribution in [1.82, 2.24) is 19.8 Å². The van der Waals surface area contributed by atoms with E-state index in [2.05, 4.69) is 38.8 Å². The molecule has 5 heteroatoms. The van der Waals surface area contributed by atoms with Gasteiger partial charge in [0.05, 0.1) is 12.8 Å². The Morgan fingerprint density at radius 2 is 1.74 bits per heavy atom. The zero-order valence-corrected chi connectivity index (χ0v) is 13.9. The number of pyridine rings is 2. The van der Waals surface area contributed by atoms with Crippen LogP contribution in [0.1, 0.15) is 16.8 Å². The van der Waals surface area contributed by atoms with Gasteiger partial charge in [0.25, 0.3) is 0 Å². The third-order valence-corrected chi connectivity index (χ3v) is 4.37. The van der Waals surface area contributed by atoms with E-state index in [-0.39, 0.29) is 0 Å². The lowest BCUT2D eigenvalue weighted by Crippen LogP contribution is -2.45. The van der Waals surface area contributed by atoms with Gasteiger partial charge < -0.3 is 4.74 Å². The number of hydrogen-bond acceptors (Lipinski definition) is 5. The van der Waals surface area contributed by atoms with Gasteiger partial charge in [-0.25, -0.2) is 4.98 Å². The molecule has 0 atom stereocenters. The predicted octanol–water partition coefficient (Wildman–Crippen LogP) is 2.11. The average molecular weight is 312 g/mol. The zero-order valence-electron chi connectivity index (χ0n) is 13.9. The topological polar surface area (TPSA) is 41.5 Å². The maximum Gasteiger partial charge on any atom is 0.212 e. The second-order valence-electron chi connectivity index (χ2n) is 6.03. The van der Waals surface area contributed by atoms with Crippen LogP contribution in [0.15, 0.2) is 36.7 Å². The highest BCUT2D eigenvalue weighted by Gasteiger charge is 2.18. The molecule has 0 aliphatic carbocycles. The van der Waals surface area contributed by atoms with E-state index in [0.717, 1.165) is 39.3 Å². The summed E-state index contributed by atoms with van der Waals surface area (Å²) in [5.41, 5.74) is 3.71. The Bertz CT molecular complexity index is 621. The fourth-order valence-electron chi connectivity index (χ4n) is 2.88. The number of aryl methyl sites for hydroxylation is 1. The highest BCUT2D eigenvalue weighted by atomic mass is 16.5. The molecule has 0 aromatic carbocycles. The maximum atomic E-state index is 5.10. The molecule has 1 fully saturated rings. The minimum absolute atomic E-state index is 0.671. The van der Waals surface area contributed by atoms with Gasteiger partial charge >= 0.3 is 0 Å². The number of aromatic nitrogens is 2. The third-order valence-electron chi connectivity index (χ3n) is 4.37. The van der Waals surface area contributed by atoms with Crippen molar-refractivity contribution in [2.24, 2.45) is 0 Å². The summed E-state index contributed by atoms with van der Waals surface area (Å²) in [5.74, 6) is 0.671. The van der Waals surface area contributed by atoms with Crippen LogP contribution in [0.25, 0.3) is 0 Å². The van der Waals surface area contributed by atoms with Crippen molar-refractivity contribution in [3.63, 3.8) is 0 Å². The predicted molar refractivity (Wildman–Crippen MR) is 90.3 cm³/mol. The van der Waals surface area contributed by atoms with Crippen LogP contribution in [0.2, 0.25) is 0 Å². The van der Waals surface area contributed by atoms with E-state index >= 15 is 0 Å². The molecule has 1 aliphatic rings. The van der Waals surface area contributed by atoms with Crippen molar-refractivity contribution in [2.75, 3.05) is 33.3 Å². The van der Waals surface area contributed by atoms with Crippen molar-refractivity contribution >= 4 is 0 Å². The lowest BCUT2D eigenvalue weighted by Gasteiger charge is -2.34. The van der Waals surface area contributed by atoms with Crippen molar-refractivity contribution in [3.8, 4) is 5.88 Å². The van der Waals surface area contributed by atoms with Gasteiger partial charge in [-0.05, 0) is 24.1 Å². The molecule has 1 saturated heterocycles. The summed E-state index contributed by atoms with van der Waals surface area (Å²) in [4.78, 5) is 13.7. The van der Waals surface area contributed by atoms with Crippen molar-refractivity contribution in [3.05, 3.63) is 53.5 Å². The first-order valence-corrected chi connectivity index (χ1v) is 8.09. The molecule has 0 N–H and O–H groups in total. The summed E-state index contributed by atoms with van der Waals surface area (Å²) in [5, 5.41) is 0. The molecule has 0 spiro atoms. The van der Waals surface area contributed by atoms with E-state index in [1.54, 1.807) is 7.11 Å². The smallest absolute Gasteiger partial charge is 0.212 e. The highest BCUT2D eigenvalue weighted by molar-refractivity contribution is 5.18. The lowest BCUT2D eigenvalue weighted by atomic mass is 10.2. The summed E-state index contributed by atoms with van der Waals surface area (Å²) in [6.45, 7) is 8.36. The van der Waals surface area contributed by atoms with E-state index in [1.807, 2.05) is 24.5 Å². The SMILES string of the molecule is COc1ccc(CN2CCN(Cc3ncccc3C)CC2)cn1. The molecule has 0 saturated carbocycles. The number of nitrogens with zero attached hydrogens (tertiary/aromatic N) is 4. The van der Waals surface area contributed by atoms with E-state index in [1.165, 1.54) is 16.8 Å². The number of rotatable bonds is 5. The lowest BCUT2D eigenvalue weighted by molar-refractivity contribution is 0.120. The van der Waals surface area contributed by atoms with Crippen LogP contribution in [0, 0.1) is 6.92 Å². The maximum absolute atomic E-state index is 5.10. The van der Waals surface area contributed by atoms with Crippen LogP contribution >= 0.6 is 0 Å². The first-order chi connectivity index (χ1) is 11.2. The fourth-order valence-corrected chi connectivity index (χ4v) is 2.88. The van der Waals surface area contributed by atoms with Gasteiger partial charge in [0, 0.05) is 57.7 Å². The third kappa shape index (κ3) is 4.27. The fraction of sp³-hybridized carbons (Fsp3) is 0.444. The van der Waals surface area contributed by atoms with Crippen molar-refractivity contribution in [1.29, 1.82) is 0 Å². The molecular formula is C18H24N4O. The van der Waals surface area contributed by atoms with E-state index in [9.17, 15) is 0 Å². The molecular weight excluding hydrogens is 288 g/mol. The van der Waals surface area contributed by atoms with Crippen LogP contribution in [0.3, 0.4) is 0 Å². The average Bonchev–Trinajstić information content (AvgIpc) is 2.59. The van der Waals surface area contributed by atoms with Gasteiger partial charge in [-0.1, -0.05) is 12.1 Å². The first kappa shape index (κ1) is 15.9. The molecule has 23 heavy (non-hydrogen) atoms. The largest absolute Gasteiger partial charge is 0.481 e. The molecule has 2 aromatic rings. The van der Waals surface area contributed by atoms with Crippen molar-refractivity contribution in [2.45, 2.75) is 20.0 Å². The van der Waals surface area contributed by atoms with Crippen LogP contribution in [-0.2, 0) is 13.1 Å². The molecule has 3 heterocycles. The van der Waals surface area contributed by atoms with Crippen LogP contribution in [-0.4, -0.2) is 53.1 Å². The summed E-state index contributed by atoms with van der Waals surface area (Å²) >= 11 is 0. The minimum atomic E-state index is 0.671. The summed E-state index contributed by atoms with van der Waals surface area (Å²) in [6, 6.07) is 8.15. The molecule has 2 aromatic heterocycles. The van der Waals surface area contributed by atoms with Gasteiger partial charge in [0.2, 0.25) is 5.88 Å². The highest BCUT2D eigenvalue weighted by Crippen LogP contribution is 2.13. The second-order valence-corrected chi connectivity index (χ2v) is 6.03. The van der Waals surface area contributed by atoms with Gasteiger partial charge in [-0.3, -0.25) is 14.8 Å². The Hall–Kier alpha value is -1.98. The molecule has 3 rings (SSSR count). The van der Waals surface area contributed by atoms with Crippen LogP contribution in [0.4, 0.5) is 0 Å². The van der Waals surface area contributed by atoms with Crippen LogP contribution < -0.4 is 4.74 Å². The molecule has 0 amide bonds. The zero-order chi connectivity index (χ0) is 16.1. The Kier molecular flexibility index (Phi) is 5.20. The molecule has 5 nitrogen and oxygen atoms in total. The van der Waals surface area contributed by atoms with Gasteiger partial charge in [0.15, 0.2) is 0 Å². The summed E-state index contributed by atoms with van der Waals surface area (Å²) < 4.78 is 5.10. The van der Waals surface area contributed by atoms with Crippen molar-refractivity contribution < 1.29 is 4.74 Å². The molecule has 0 bridgehead atoms. The molecule has 0 unspecified atom stereocenters. The molecule has 1 aliphatic heterocycles. The molecule has 122 valence electrons. The van der Waals surface area contributed by atoms with E-state index in [4.69, 9.17) is 4.74 Å². The standard InChI is InChI=1S/C18H24N4O/c1-15-4-3-7-19-17(15)14-22-10-8-21(9-11-22)13-16-5-6-18(23-2)20-12-16/h3-7,12H,8-11,13-14H2,1-2H3. The minimum Gasteiger partial charge on any atom is -0.481 e. The monoisotopic (exact) mass is 312 g/mol. The molecule has 0 radical (unpaired) electrons.